The third-order valence-electron chi connectivity index (χ3n) is 5.64. The highest BCUT2D eigenvalue weighted by atomic mass is 16.3. The Balaban J connectivity index is 1.46. The molecule has 0 bridgehead atoms. The molecule has 1 aliphatic carbocycles. The number of aromatic nitrogens is 3. The number of carbonyl (C=O) groups excluding carboxylic acids is 1. The van der Waals surface area contributed by atoms with E-state index in [0.717, 1.165) is 43.8 Å². The minimum atomic E-state index is -0.834. The van der Waals surface area contributed by atoms with Crippen molar-refractivity contribution >= 4 is 6.03 Å². The molecule has 1 saturated carbocycles. The van der Waals surface area contributed by atoms with Crippen molar-refractivity contribution in [1.29, 1.82) is 0 Å². The summed E-state index contributed by atoms with van der Waals surface area (Å²) in [6, 6.07) is -0.154. The molecule has 2 atom stereocenters. The number of nitrogens with one attached hydrogen (secondary N) is 2. The summed E-state index contributed by atoms with van der Waals surface area (Å²) in [6.45, 7) is 4.85. The van der Waals surface area contributed by atoms with E-state index in [1.807, 2.05) is 18.5 Å². The van der Waals surface area contributed by atoms with Crippen molar-refractivity contribution in [3.8, 4) is 0 Å². The summed E-state index contributed by atoms with van der Waals surface area (Å²) in [4.78, 5) is 16.7. The zero-order valence-corrected chi connectivity index (χ0v) is 15.4. The fraction of sp³-hybridized carbons (Fsp3) is 0.833. The lowest BCUT2D eigenvalue weighted by molar-refractivity contribution is -0.0131. The molecule has 7 heteroatoms. The lowest BCUT2D eigenvalue weighted by atomic mass is 9.78. The van der Waals surface area contributed by atoms with Gasteiger partial charge in [0.15, 0.2) is 5.82 Å². The highest BCUT2D eigenvalue weighted by molar-refractivity contribution is 5.74. The lowest BCUT2D eigenvalue weighted by Gasteiger charge is -2.35. The van der Waals surface area contributed by atoms with Gasteiger partial charge in [0.25, 0.3) is 0 Å². The molecule has 2 amide bonds. The predicted octanol–water partition coefficient (Wildman–Crippen LogP) is 1.79. The molecule has 0 unspecified atom stereocenters. The van der Waals surface area contributed by atoms with E-state index in [1.54, 1.807) is 0 Å². The van der Waals surface area contributed by atoms with Crippen LogP contribution in [0.15, 0.2) is 0 Å². The van der Waals surface area contributed by atoms with E-state index in [4.69, 9.17) is 0 Å². The van der Waals surface area contributed by atoms with Crippen LogP contribution in [0.1, 0.15) is 64.0 Å². The number of hydrogen-bond acceptors (Lipinski definition) is 4. The summed E-state index contributed by atoms with van der Waals surface area (Å²) < 4.78 is 1.91. The molecular weight excluding hydrogens is 318 g/mol. The summed E-state index contributed by atoms with van der Waals surface area (Å²) in [6.07, 6.45) is 8.23. The fourth-order valence-corrected chi connectivity index (χ4v) is 3.99. The maximum atomic E-state index is 12.2. The third-order valence-corrected chi connectivity index (χ3v) is 5.64. The van der Waals surface area contributed by atoms with Gasteiger partial charge in [-0.15, -0.1) is 0 Å². The molecule has 140 valence electrons. The van der Waals surface area contributed by atoms with Gasteiger partial charge in [-0.3, -0.25) is 0 Å². The Morgan fingerprint density at radius 1 is 1.32 bits per heavy atom. The SMILES string of the molecule is CCc1nc2n(n1)C[C@@H](NC(=O)NC[C@](C)(O)C1CCCCC1)CC2. The second kappa shape index (κ2) is 7.72. The number of aliphatic hydroxyl groups is 1. The van der Waals surface area contributed by atoms with Gasteiger partial charge in [-0.1, -0.05) is 26.2 Å². The number of carbonyl (C=O) groups is 1. The molecule has 2 heterocycles. The van der Waals surface area contributed by atoms with Gasteiger partial charge >= 0.3 is 6.03 Å². The van der Waals surface area contributed by atoms with E-state index in [-0.39, 0.29) is 18.0 Å². The molecule has 0 saturated heterocycles. The normalized spacial score (nSPS) is 23.6. The van der Waals surface area contributed by atoms with Crippen molar-refractivity contribution in [2.45, 2.75) is 83.4 Å². The molecule has 1 fully saturated rings. The number of urea groups is 1. The largest absolute Gasteiger partial charge is 0.388 e. The number of amides is 2. The Bertz CT molecular complexity index is 592. The second-order valence-electron chi connectivity index (χ2n) is 7.73. The minimum Gasteiger partial charge on any atom is -0.388 e. The fourth-order valence-electron chi connectivity index (χ4n) is 3.99. The van der Waals surface area contributed by atoms with E-state index in [2.05, 4.69) is 20.7 Å². The topological polar surface area (TPSA) is 92.1 Å². The van der Waals surface area contributed by atoms with Crippen molar-refractivity contribution in [2.24, 2.45) is 5.92 Å². The van der Waals surface area contributed by atoms with E-state index < -0.39 is 5.60 Å². The van der Waals surface area contributed by atoms with Crippen molar-refractivity contribution in [2.75, 3.05) is 6.54 Å². The number of fused-ring (bicyclic) bond motifs is 1. The predicted molar refractivity (Wildman–Crippen MR) is 95.2 cm³/mol. The number of hydrogen-bond donors (Lipinski definition) is 3. The molecule has 25 heavy (non-hydrogen) atoms. The van der Waals surface area contributed by atoms with Crippen LogP contribution in [0.5, 0.6) is 0 Å². The highest BCUT2D eigenvalue weighted by Crippen LogP contribution is 2.32. The molecule has 3 N–H and O–H groups in total. The molecule has 2 aliphatic rings. The quantitative estimate of drug-likeness (QED) is 0.756. The number of nitrogens with zero attached hydrogens (tertiary/aromatic N) is 3. The van der Waals surface area contributed by atoms with Crippen LogP contribution in [0.4, 0.5) is 4.79 Å². The first kappa shape index (κ1) is 18.2. The maximum absolute atomic E-state index is 12.2. The van der Waals surface area contributed by atoms with Gasteiger partial charge in [0.2, 0.25) is 0 Å². The average molecular weight is 349 g/mol. The minimum absolute atomic E-state index is 0.0542. The van der Waals surface area contributed by atoms with Gasteiger partial charge in [-0.05, 0) is 32.1 Å². The van der Waals surface area contributed by atoms with E-state index in [1.165, 1.54) is 19.3 Å². The maximum Gasteiger partial charge on any atom is 0.315 e. The zero-order chi connectivity index (χ0) is 17.9. The second-order valence-corrected chi connectivity index (χ2v) is 7.73. The molecule has 0 spiro atoms. The van der Waals surface area contributed by atoms with Crippen LogP contribution in [0.25, 0.3) is 0 Å². The molecular formula is C18H31N5O2. The molecule has 3 rings (SSSR count). The zero-order valence-electron chi connectivity index (χ0n) is 15.4. The molecule has 7 nitrogen and oxygen atoms in total. The summed E-state index contributed by atoms with van der Waals surface area (Å²) in [5.41, 5.74) is -0.834. The number of rotatable bonds is 5. The van der Waals surface area contributed by atoms with Gasteiger partial charge < -0.3 is 15.7 Å². The van der Waals surface area contributed by atoms with Gasteiger partial charge in [0.1, 0.15) is 5.82 Å². The molecule has 0 radical (unpaired) electrons. The Morgan fingerprint density at radius 2 is 2.08 bits per heavy atom. The molecule has 1 aromatic rings. The standard InChI is InChI=1S/C18H31N5O2/c1-3-15-21-16-10-9-14(11-23(16)22-15)20-17(24)19-12-18(2,25)13-7-5-4-6-8-13/h13-14,25H,3-12H2,1-2H3,(H2,19,20,24)/t14-,18-/m0/s1. The van der Waals surface area contributed by atoms with Gasteiger partial charge in [-0.2, -0.15) is 5.10 Å². The molecule has 1 aliphatic heterocycles. The Hall–Kier alpha value is -1.63. The first-order valence-corrected chi connectivity index (χ1v) is 9.67. The van der Waals surface area contributed by atoms with Crippen molar-refractivity contribution in [1.82, 2.24) is 25.4 Å². The Kier molecular flexibility index (Phi) is 5.61. The van der Waals surface area contributed by atoms with Gasteiger partial charge in [0, 0.05) is 19.4 Å². The van der Waals surface area contributed by atoms with Gasteiger partial charge in [-0.25, -0.2) is 14.5 Å². The van der Waals surface area contributed by atoms with Crippen LogP contribution in [0.3, 0.4) is 0 Å². The first-order valence-electron chi connectivity index (χ1n) is 9.67. The van der Waals surface area contributed by atoms with E-state index in [0.29, 0.717) is 13.1 Å². The van der Waals surface area contributed by atoms with E-state index in [9.17, 15) is 9.90 Å². The molecule has 0 aromatic carbocycles. The van der Waals surface area contributed by atoms with Crippen LogP contribution < -0.4 is 10.6 Å². The Labute approximate surface area is 149 Å². The van der Waals surface area contributed by atoms with Crippen LogP contribution in [0.2, 0.25) is 0 Å². The summed E-state index contributed by atoms with van der Waals surface area (Å²) in [5, 5.41) is 21.0. The van der Waals surface area contributed by atoms with E-state index >= 15 is 0 Å². The molecule has 1 aromatic heterocycles. The van der Waals surface area contributed by atoms with Crippen LogP contribution in [-0.2, 0) is 19.4 Å². The summed E-state index contributed by atoms with van der Waals surface area (Å²) in [5.74, 6) is 2.15. The third kappa shape index (κ3) is 4.51. The first-order chi connectivity index (χ1) is 12.0. The average Bonchev–Trinajstić information content (AvgIpc) is 3.03. The Morgan fingerprint density at radius 3 is 2.80 bits per heavy atom. The van der Waals surface area contributed by atoms with Gasteiger partial charge in [0.05, 0.1) is 18.2 Å². The van der Waals surface area contributed by atoms with Crippen LogP contribution in [0, 0.1) is 5.92 Å². The van der Waals surface area contributed by atoms with Crippen LogP contribution >= 0.6 is 0 Å². The van der Waals surface area contributed by atoms with Crippen LogP contribution in [-0.4, -0.2) is 44.1 Å². The number of aryl methyl sites for hydroxylation is 2. The highest BCUT2D eigenvalue weighted by Gasteiger charge is 2.33. The van der Waals surface area contributed by atoms with Crippen molar-refractivity contribution in [3.63, 3.8) is 0 Å². The van der Waals surface area contributed by atoms with Crippen molar-refractivity contribution < 1.29 is 9.90 Å². The summed E-state index contributed by atoms with van der Waals surface area (Å²) in [7, 11) is 0. The lowest BCUT2D eigenvalue weighted by Crippen LogP contribution is -2.52. The summed E-state index contributed by atoms with van der Waals surface area (Å²) >= 11 is 0. The monoisotopic (exact) mass is 349 g/mol. The smallest absolute Gasteiger partial charge is 0.315 e. The van der Waals surface area contributed by atoms with Crippen molar-refractivity contribution in [3.05, 3.63) is 11.6 Å².